The zero-order chi connectivity index (χ0) is 26.1. The number of ether oxygens (including phenoxy) is 1. The van der Waals surface area contributed by atoms with E-state index in [0.29, 0.717) is 56.9 Å². The van der Waals surface area contributed by atoms with Gasteiger partial charge in [0.05, 0.1) is 11.3 Å². The van der Waals surface area contributed by atoms with Crippen molar-refractivity contribution in [3.05, 3.63) is 35.9 Å². The zero-order valence-corrected chi connectivity index (χ0v) is 22.0. The molecule has 2 atom stereocenters. The first-order valence-corrected chi connectivity index (χ1v) is 13.6. The maximum Gasteiger partial charge on any atom is 0.411 e. The molecule has 0 aromatic heterocycles. The monoisotopic (exact) mass is 517 g/mol. The Morgan fingerprint density at radius 2 is 1.67 bits per heavy atom. The molecule has 1 N–H and O–H groups in total. The summed E-state index contributed by atoms with van der Waals surface area (Å²) < 4.78 is 5.50. The predicted molar refractivity (Wildman–Crippen MR) is 135 cm³/mol. The highest BCUT2D eigenvalue weighted by molar-refractivity contribution is 7.99. The van der Waals surface area contributed by atoms with Crippen molar-refractivity contribution < 1.29 is 29.0 Å². The van der Waals surface area contributed by atoms with Gasteiger partial charge in [-0.15, -0.1) is 11.8 Å². The largest absolute Gasteiger partial charge is 0.480 e. The highest BCUT2D eigenvalue weighted by atomic mass is 32.2. The van der Waals surface area contributed by atoms with Gasteiger partial charge >= 0.3 is 12.1 Å². The van der Waals surface area contributed by atoms with Gasteiger partial charge in [-0.2, -0.15) is 0 Å². The average Bonchev–Trinajstić information content (AvgIpc) is 3.53. The van der Waals surface area contributed by atoms with Gasteiger partial charge in [0.2, 0.25) is 11.8 Å². The first-order valence-electron chi connectivity index (χ1n) is 12.5. The fraction of sp³-hybridized carbons (Fsp3) is 0.615. The van der Waals surface area contributed by atoms with Crippen LogP contribution in [0.3, 0.4) is 0 Å². The van der Waals surface area contributed by atoms with Gasteiger partial charge in [0.25, 0.3) is 0 Å². The quantitative estimate of drug-likeness (QED) is 0.654. The van der Waals surface area contributed by atoms with E-state index < -0.39 is 35.2 Å². The Balaban J connectivity index is 1.52. The van der Waals surface area contributed by atoms with Gasteiger partial charge in [0.1, 0.15) is 17.7 Å². The number of rotatable bonds is 4. The Morgan fingerprint density at radius 3 is 2.28 bits per heavy atom. The van der Waals surface area contributed by atoms with E-state index in [1.807, 2.05) is 30.3 Å². The van der Waals surface area contributed by atoms with Gasteiger partial charge < -0.3 is 19.6 Å². The molecule has 4 rings (SSSR count). The number of nitrogens with zero attached hydrogens (tertiary/aromatic N) is 3. The lowest BCUT2D eigenvalue weighted by molar-refractivity contribution is -0.152. The molecule has 36 heavy (non-hydrogen) atoms. The number of aliphatic carboxylic acids is 1. The van der Waals surface area contributed by atoms with Gasteiger partial charge in [-0.1, -0.05) is 30.3 Å². The molecule has 3 saturated heterocycles. The summed E-state index contributed by atoms with van der Waals surface area (Å²) in [4.78, 5) is 56.7. The van der Waals surface area contributed by atoms with Crippen molar-refractivity contribution in [2.24, 2.45) is 0 Å². The molecule has 3 amide bonds. The molecule has 0 aliphatic carbocycles. The van der Waals surface area contributed by atoms with Gasteiger partial charge in [-0.05, 0) is 52.0 Å². The summed E-state index contributed by atoms with van der Waals surface area (Å²) in [5, 5.41) is 9.67. The first kappa shape index (κ1) is 26.3. The van der Waals surface area contributed by atoms with E-state index in [0.717, 1.165) is 5.56 Å². The number of hydrogen-bond acceptors (Lipinski definition) is 6. The molecule has 3 heterocycles. The number of hydrogen-bond donors (Lipinski definition) is 1. The third kappa shape index (κ3) is 5.19. The SMILES string of the molecule is CC(C)(C)OC(=O)N1CSC[C@@H]1C(=O)N1CCC(C(=O)N2CCC[C@H]2C(=O)O)(c2ccccc2)CC1. The Labute approximate surface area is 216 Å². The van der Waals surface area contributed by atoms with Crippen LogP contribution in [0.1, 0.15) is 52.0 Å². The molecule has 9 nitrogen and oxygen atoms in total. The minimum atomic E-state index is -0.974. The predicted octanol–water partition coefficient (Wildman–Crippen LogP) is 2.93. The van der Waals surface area contributed by atoms with E-state index in [-0.39, 0.29) is 11.8 Å². The number of thioether (sulfide) groups is 1. The Morgan fingerprint density at radius 1 is 1.00 bits per heavy atom. The Bertz CT molecular complexity index is 1000. The third-order valence-corrected chi connectivity index (χ3v) is 8.27. The van der Waals surface area contributed by atoms with Gasteiger partial charge in [-0.3, -0.25) is 14.5 Å². The number of carbonyl (C=O) groups excluding carboxylic acids is 3. The lowest BCUT2D eigenvalue weighted by Crippen LogP contribution is -2.58. The topological polar surface area (TPSA) is 107 Å². The van der Waals surface area contributed by atoms with E-state index in [4.69, 9.17) is 4.74 Å². The van der Waals surface area contributed by atoms with Crippen LogP contribution in [-0.2, 0) is 24.5 Å². The fourth-order valence-corrected chi connectivity index (χ4v) is 6.53. The second kappa shape index (κ2) is 10.3. The summed E-state index contributed by atoms with van der Waals surface area (Å²) in [6.45, 7) is 6.53. The van der Waals surface area contributed by atoms with Crippen LogP contribution in [0.4, 0.5) is 4.79 Å². The van der Waals surface area contributed by atoms with Crippen molar-refractivity contribution in [3.8, 4) is 0 Å². The average molecular weight is 518 g/mol. The van der Waals surface area contributed by atoms with E-state index in [1.165, 1.54) is 21.6 Å². The number of piperidine rings is 1. The van der Waals surface area contributed by atoms with E-state index >= 15 is 0 Å². The second-order valence-electron chi connectivity index (χ2n) is 10.7. The number of likely N-dealkylation sites (tertiary alicyclic amines) is 2. The molecular formula is C26H35N3O6S. The lowest BCUT2D eigenvalue weighted by atomic mass is 9.71. The van der Waals surface area contributed by atoms with E-state index in [2.05, 4.69) is 0 Å². The highest BCUT2D eigenvalue weighted by Gasteiger charge is 2.50. The zero-order valence-electron chi connectivity index (χ0n) is 21.1. The summed E-state index contributed by atoms with van der Waals surface area (Å²) in [6.07, 6.45) is 1.42. The van der Waals surface area contributed by atoms with Crippen molar-refractivity contribution in [2.75, 3.05) is 31.3 Å². The first-order chi connectivity index (χ1) is 17.0. The molecule has 196 valence electrons. The van der Waals surface area contributed by atoms with Crippen LogP contribution in [-0.4, -0.2) is 92.6 Å². The number of carbonyl (C=O) groups is 4. The summed E-state index contributed by atoms with van der Waals surface area (Å²) in [5.41, 5.74) is -0.682. The van der Waals surface area contributed by atoms with Crippen LogP contribution in [0.25, 0.3) is 0 Å². The second-order valence-corrected chi connectivity index (χ2v) is 11.7. The molecule has 0 radical (unpaired) electrons. The van der Waals surface area contributed by atoms with Crippen molar-refractivity contribution in [1.29, 1.82) is 0 Å². The minimum absolute atomic E-state index is 0.135. The molecule has 1 aromatic carbocycles. The highest BCUT2D eigenvalue weighted by Crippen LogP contribution is 2.40. The van der Waals surface area contributed by atoms with Crippen molar-refractivity contribution in [1.82, 2.24) is 14.7 Å². The maximum absolute atomic E-state index is 13.9. The number of carboxylic acids is 1. The van der Waals surface area contributed by atoms with Crippen LogP contribution in [0.2, 0.25) is 0 Å². The lowest BCUT2D eigenvalue weighted by Gasteiger charge is -2.44. The van der Waals surface area contributed by atoms with Crippen LogP contribution in [0.5, 0.6) is 0 Å². The molecule has 1 aromatic rings. The Kier molecular flexibility index (Phi) is 7.54. The summed E-state index contributed by atoms with van der Waals surface area (Å²) >= 11 is 1.52. The molecule has 3 fully saturated rings. The number of carboxylic acid groups (broad SMARTS) is 1. The van der Waals surface area contributed by atoms with Gasteiger partial charge in [-0.25, -0.2) is 9.59 Å². The molecule has 0 saturated carbocycles. The molecule has 0 bridgehead atoms. The van der Waals surface area contributed by atoms with E-state index in [1.54, 1.807) is 25.7 Å². The van der Waals surface area contributed by atoms with Crippen molar-refractivity contribution in [2.45, 2.75) is 69.6 Å². The molecule has 0 unspecified atom stereocenters. The molecule has 3 aliphatic rings. The minimum Gasteiger partial charge on any atom is -0.480 e. The maximum atomic E-state index is 13.9. The molecule has 3 aliphatic heterocycles. The fourth-order valence-electron chi connectivity index (χ4n) is 5.39. The normalized spacial score (nSPS) is 24.0. The third-order valence-electron chi connectivity index (χ3n) is 7.26. The summed E-state index contributed by atoms with van der Waals surface area (Å²) in [6, 6.07) is 8.08. The van der Waals surface area contributed by atoms with Crippen molar-refractivity contribution in [3.63, 3.8) is 0 Å². The van der Waals surface area contributed by atoms with Crippen LogP contribution in [0, 0.1) is 0 Å². The molecular weight excluding hydrogens is 482 g/mol. The number of amides is 3. The van der Waals surface area contributed by atoms with E-state index in [9.17, 15) is 24.3 Å². The van der Waals surface area contributed by atoms with Crippen LogP contribution >= 0.6 is 11.8 Å². The van der Waals surface area contributed by atoms with Crippen molar-refractivity contribution >= 4 is 35.6 Å². The number of benzene rings is 1. The summed E-state index contributed by atoms with van der Waals surface area (Å²) in [5.74, 6) is -0.373. The van der Waals surface area contributed by atoms with Gasteiger partial charge in [0, 0.05) is 25.4 Å². The summed E-state index contributed by atoms with van der Waals surface area (Å²) in [7, 11) is 0. The van der Waals surface area contributed by atoms with Crippen LogP contribution < -0.4 is 0 Å². The van der Waals surface area contributed by atoms with Crippen LogP contribution in [0.15, 0.2) is 30.3 Å². The standard InChI is InChI=1S/C26H35N3O6S/c1-25(2,3)35-24(34)29-17-36-16-20(29)21(30)27-14-11-26(12-15-27,18-8-5-4-6-9-18)23(33)28-13-7-10-19(28)22(31)32/h4-6,8-9,19-20H,7,10-17H2,1-3H3,(H,31,32)/t19-,20+/m0/s1. The van der Waals surface area contributed by atoms with Gasteiger partial charge in [0.15, 0.2) is 0 Å². The Hall–Kier alpha value is -2.75. The molecule has 0 spiro atoms. The molecule has 10 heteroatoms. The smallest absolute Gasteiger partial charge is 0.411 e.